The minimum absolute atomic E-state index is 0. The summed E-state index contributed by atoms with van der Waals surface area (Å²) >= 11 is 1.33. The molecule has 0 bridgehead atoms. The molecule has 0 atom stereocenters. The zero-order chi connectivity index (χ0) is 11.8. The molecule has 1 aromatic carbocycles. The van der Waals surface area contributed by atoms with Crippen LogP contribution in [0.1, 0.15) is 0 Å². The standard InChI is InChI=1S/C12H8N2O2S.ClH/c15-11-10-9(6-7-17-10)14(12(16)13-11)8-4-2-1-3-5-8;/h1-7H,(H,13,15,16);1H. The summed E-state index contributed by atoms with van der Waals surface area (Å²) in [5, 5.41) is 1.80. The monoisotopic (exact) mass is 280 g/mol. The molecular formula is C12H9ClN2O2S. The maximum Gasteiger partial charge on any atom is 0.333 e. The van der Waals surface area contributed by atoms with E-state index < -0.39 is 5.69 Å². The van der Waals surface area contributed by atoms with Crippen molar-refractivity contribution < 1.29 is 0 Å². The van der Waals surface area contributed by atoms with Crippen LogP contribution in [-0.2, 0) is 0 Å². The Hall–Kier alpha value is -1.85. The molecule has 0 saturated heterocycles. The largest absolute Gasteiger partial charge is 0.333 e. The number of hydrogen-bond donors (Lipinski definition) is 1. The van der Waals surface area contributed by atoms with Gasteiger partial charge in [-0.1, -0.05) is 18.2 Å². The van der Waals surface area contributed by atoms with E-state index in [-0.39, 0.29) is 18.0 Å². The van der Waals surface area contributed by atoms with Crippen molar-refractivity contribution in [3.05, 3.63) is 62.6 Å². The first kappa shape index (κ1) is 12.6. The number of fused-ring (bicyclic) bond motifs is 1. The fourth-order valence-electron chi connectivity index (χ4n) is 1.80. The van der Waals surface area contributed by atoms with Crippen LogP contribution in [0.4, 0.5) is 0 Å². The molecule has 0 aliphatic heterocycles. The van der Waals surface area contributed by atoms with Gasteiger partial charge >= 0.3 is 5.69 Å². The number of H-pyrrole nitrogens is 1. The number of thiophene rings is 1. The molecule has 0 unspecified atom stereocenters. The lowest BCUT2D eigenvalue weighted by molar-refractivity contribution is 0.947. The molecule has 0 aliphatic rings. The summed E-state index contributed by atoms with van der Waals surface area (Å²) in [6.45, 7) is 0. The number of nitrogens with zero attached hydrogens (tertiary/aromatic N) is 1. The maximum atomic E-state index is 11.9. The van der Waals surface area contributed by atoms with Crippen molar-refractivity contribution in [1.29, 1.82) is 0 Å². The number of halogens is 1. The van der Waals surface area contributed by atoms with E-state index in [1.165, 1.54) is 15.9 Å². The van der Waals surface area contributed by atoms with Crippen LogP contribution < -0.4 is 11.2 Å². The van der Waals surface area contributed by atoms with Gasteiger partial charge in [0.15, 0.2) is 0 Å². The average Bonchev–Trinajstić information content (AvgIpc) is 2.79. The van der Waals surface area contributed by atoms with E-state index in [1.807, 2.05) is 30.3 Å². The molecular weight excluding hydrogens is 272 g/mol. The minimum atomic E-state index is -0.410. The number of nitrogens with one attached hydrogen (secondary N) is 1. The third-order valence-electron chi connectivity index (χ3n) is 2.53. The Bertz CT molecular complexity index is 789. The van der Waals surface area contributed by atoms with Gasteiger partial charge in [0.2, 0.25) is 0 Å². The van der Waals surface area contributed by atoms with Gasteiger partial charge in [0.1, 0.15) is 4.70 Å². The van der Waals surface area contributed by atoms with Crippen molar-refractivity contribution in [3.63, 3.8) is 0 Å². The maximum absolute atomic E-state index is 11.9. The fourth-order valence-corrected chi connectivity index (χ4v) is 2.57. The van der Waals surface area contributed by atoms with Gasteiger partial charge in [-0.25, -0.2) is 4.79 Å². The van der Waals surface area contributed by atoms with Crippen LogP contribution in [0.2, 0.25) is 0 Å². The van der Waals surface area contributed by atoms with Gasteiger partial charge in [-0.05, 0) is 23.6 Å². The van der Waals surface area contributed by atoms with Gasteiger partial charge in [0, 0.05) is 0 Å². The van der Waals surface area contributed by atoms with Gasteiger partial charge < -0.3 is 0 Å². The topological polar surface area (TPSA) is 54.9 Å². The first-order valence-electron chi connectivity index (χ1n) is 5.05. The van der Waals surface area contributed by atoms with E-state index in [1.54, 1.807) is 11.4 Å². The van der Waals surface area contributed by atoms with Gasteiger partial charge in [-0.3, -0.25) is 14.3 Å². The van der Waals surface area contributed by atoms with Crippen LogP contribution in [0.25, 0.3) is 15.9 Å². The highest BCUT2D eigenvalue weighted by atomic mass is 35.5. The van der Waals surface area contributed by atoms with Crippen LogP contribution >= 0.6 is 23.7 Å². The average molecular weight is 281 g/mol. The highest BCUT2D eigenvalue weighted by Gasteiger charge is 2.09. The molecule has 1 N–H and O–H groups in total. The summed E-state index contributed by atoms with van der Waals surface area (Å²) in [5.74, 6) is 0. The number of para-hydroxylation sites is 1. The first-order chi connectivity index (χ1) is 8.27. The SMILES string of the molecule is Cl.O=c1[nH]c(=O)n(-c2ccccc2)c2ccsc12. The lowest BCUT2D eigenvalue weighted by Crippen LogP contribution is -2.28. The van der Waals surface area contributed by atoms with E-state index >= 15 is 0 Å². The molecule has 0 amide bonds. The molecule has 18 heavy (non-hydrogen) atoms. The Balaban J connectivity index is 0.00000120. The second-order valence-corrected chi connectivity index (χ2v) is 4.48. The molecule has 0 fully saturated rings. The van der Waals surface area contributed by atoms with E-state index in [0.29, 0.717) is 10.2 Å². The molecule has 0 radical (unpaired) electrons. The number of aromatic amines is 1. The predicted octanol–water partition coefficient (Wildman–Crippen LogP) is 2.16. The van der Waals surface area contributed by atoms with Crippen LogP contribution in [0, 0.1) is 0 Å². The van der Waals surface area contributed by atoms with Crippen molar-refractivity contribution in [2.24, 2.45) is 0 Å². The molecule has 3 rings (SSSR count). The summed E-state index contributed by atoms with van der Waals surface area (Å²) in [5.41, 5.74) is 0.659. The Kier molecular flexibility index (Phi) is 3.36. The Morgan fingerprint density at radius 3 is 2.50 bits per heavy atom. The summed E-state index contributed by atoms with van der Waals surface area (Å²) in [7, 11) is 0. The Morgan fingerprint density at radius 1 is 1.06 bits per heavy atom. The molecule has 3 aromatic rings. The smallest absolute Gasteiger partial charge is 0.272 e. The molecule has 0 spiro atoms. The Morgan fingerprint density at radius 2 is 1.78 bits per heavy atom. The fraction of sp³-hybridized carbons (Fsp3) is 0. The second kappa shape index (κ2) is 4.80. The van der Waals surface area contributed by atoms with E-state index in [0.717, 1.165) is 5.69 Å². The zero-order valence-corrected chi connectivity index (χ0v) is 10.8. The van der Waals surface area contributed by atoms with Gasteiger partial charge in [-0.15, -0.1) is 23.7 Å². The van der Waals surface area contributed by atoms with Crippen molar-refractivity contribution in [2.75, 3.05) is 0 Å². The van der Waals surface area contributed by atoms with Gasteiger partial charge in [0.05, 0.1) is 11.2 Å². The van der Waals surface area contributed by atoms with Crippen molar-refractivity contribution >= 4 is 34.0 Å². The highest BCUT2D eigenvalue weighted by molar-refractivity contribution is 7.17. The molecule has 92 valence electrons. The number of benzene rings is 1. The molecule has 2 aromatic heterocycles. The van der Waals surface area contributed by atoms with Gasteiger partial charge in [0.25, 0.3) is 5.56 Å². The zero-order valence-electron chi connectivity index (χ0n) is 9.12. The van der Waals surface area contributed by atoms with Crippen molar-refractivity contribution in [2.45, 2.75) is 0 Å². The van der Waals surface area contributed by atoms with Crippen LogP contribution in [0.5, 0.6) is 0 Å². The van der Waals surface area contributed by atoms with E-state index in [2.05, 4.69) is 4.98 Å². The normalized spacial score (nSPS) is 10.2. The summed E-state index contributed by atoms with van der Waals surface area (Å²) in [4.78, 5) is 25.8. The first-order valence-corrected chi connectivity index (χ1v) is 5.93. The van der Waals surface area contributed by atoms with Crippen LogP contribution in [0.15, 0.2) is 51.4 Å². The third-order valence-corrected chi connectivity index (χ3v) is 3.43. The second-order valence-electron chi connectivity index (χ2n) is 3.57. The molecule has 6 heteroatoms. The van der Waals surface area contributed by atoms with E-state index in [9.17, 15) is 9.59 Å². The Labute approximate surface area is 112 Å². The van der Waals surface area contributed by atoms with Crippen molar-refractivity contribution in [3.8, 4) is 5.69 Å². The molecule has 0 saturated carbocycles. The third kappa shape index (κ3) is 1.87. The molecule has 2 heterocycles. The molecule has 4 nitrogen and oxygen atoms in total. The molecule has 0 aliphatic carbocycles. The highest BCUT2D eigenvalue weighted by Crippen LogP contribution is 2.17. The van der Waals surface area contributed by atoms with Gasteiger partial charge in [-0.2, -0.15) is 0 Å². The minimum Gasteiger partial charge on any atom is -0.272 e. The number of hydrogen-bond acceptors (Lipinski definition) is 3. The number of rotatable bonds is 1. The summed E-state index contributed by atoms with van der Waals surface area (Å²) in [6, 6.07) is 11.0. The summed E-state index contributed by atoms with van der Waals surface area (Å²) < 4.78 is 2.07. The summed E-state index contributed by atoms with van der Waals surface area (Å²) in [6.07, 6.45) is 0. The predicted molar refractivity (Wildman–Crippen MR) is 75.3 cm³/mol. The van der Waals surface area contributed by atoms with Crippen molar-refractivity contribution in [1.82, 2.24) is 9.55 Å². The lowest BCUT2D eigenvalue weighted by atomic mass is 10.3. The number of aromatic nitrogens is 2. The van der Waals surface area contributed by atoms with E-state index in [4.69, 9.17) is 0 Å². The lowest BCUT2D eigenvalue weighted by Gasteiger charge is -2.05. The quantitative estimate of drug-likeness (QED) is 0.743. The van der Waals surface area contributed by atoms with Crippen LogP contribution in [0.3, 0.4) is 0 Å². The van der Waals surface area contributed by atoms with Crippen LogP contribution in [-0.4, -0.2) is 9.55 Å².